The van der Waals surface area contributed by atoms with E-state index < -0.39 is 20.0 Å². The fourth-order valence-electron chi connectivity index (χ4n) is 5.31. The number of aliphatic hydroxyl groups excluding tert-OH is 1. The van der Waals surface area contributed by atoms with Gasteiger partial charge in [0.15, 0.2) is 0 Å². The molecule has 0 fully saturated rings. The van der Waals surface area contributed by atoms with Gasteiger partial charge in [-0.1, -0.05) is 161 Å². The van der Waals surface area contributed by atoms with Crippen LogP contribution >= 0.6 is 7.82 Å². The lowest BCUT2D eigenvalue weighted by atomic mass is 10.0. The molecule has 44 heavy (non-hydrogen) atoms. The minimum Gasteiger partial charge on any atom is -0.387 e. The average Bonchev–Trinajstić information content (AvgIpc) is 3.01. The van der Waals surface area contributed by atoms with E-state index >= 15 is 0 Å². The van der Waals surface area contributed by atoms with Crippen LogP contribution in [0.15, 0.2) is 12.2 Å². The van der Waals surface area contributed by atoms with Crippen LogP contribution in [0.3, 0.4) is 0 Å². The van der Waals surface area contributed by atoms with Crippen LogP contribution < -0.4 is 11.1 Å². The highest BCUT2D eigenvalue weighted by Crippen LogP contribution is 2.43. The van der Waals surface area contributed by atoms with E-state index in [1.165, 1.54) is 116 Å². The summed E-state index contributed by atoms with van der Waals surface area (Å²) in [5.74, 6) is -0.196. The second-order valence-corrected chi connectivity index (χ2v) is 13.9. The van der Waals surface area contributed by atoms with Gasteiger partial charge in [0.25, 0.3) is 0 Å². The molecule has 0 bridgehead atoms. The highest BCUT2D eigenvalue weighted by molar-refractivity contribution is 7.47. The summed E-state index contributed by atoms with van der Waals surface area (Å²) in [6.07, 6.45) is 32.5. The van der Waals surface area contributed by atoms with Crippen molar-refractivity contribution in [1.29, 1.82) is 0 Å². The van der Waals surface area contributed by atoms with E-state index in [0.29, 0.717) is 6.42 Å². The number of unbranched alkanes of at least 4 members (excludes halogenated alkanes) is 22. The lowest BCUT2D eigenvalue weighted by molar-refractivity contribution is -0.123. The second-order valence-electron chi connectivity index (χ2n) is 12.4. The summed E-state index contributed by atoms with van der Waals surface area (Å²) in [4.78, 5) is 22.5. The first-order valence-electron chi connectivity index (χ1n) is 18.3. The molecule has 0 saturated carbocycles. The molecular weight excluding hydrogens is 575 g/mol. The summed E-state index contributed by atoms with van der Waals surface area (Å²) >= 11 is 0. The first-order chi connectivity index (χ1) is 21.4. The van der Waals surface area contributed by atoms with Gasteiger partial charge in [0.2, 0.25) is 5.91 Å². The highest BCUT2D eigenvalue weighted by atomic mass is 31.2. The molecule has 0 radical (unpaired) electrons. The Morgan fingerprint density at radius 3 is 1.61 bits per heavy atom. The molecule has 0 rings (SSSR count). The molecule has 0 aliphatic carbocycles. The van der Waals surface area contributed by atoms with Gasteiger partial charge in [0.1, 0.15) is 0 Å². The van der Waals surface area contributed by atoms with Crippen molar-refractivity contribution in [3.63, 3.8) is 0 Å². The summed E-state index contributed by atoms with van der Waals surface area (Å²) < 4.78 is 22.0. The Kier molecular flexibility index (Phi) is 31.6. The van der Waals surface area contributed by atoms with Crippen LogP contribution in [0.25, 0.3) is 0 Å². The zero-order valence-corrected chi connectivity index (χ0v) is 29.6. The third-order valence-corrected chi connectivity index (χ3v) is 9.10. The second kappa shape index (κ2) is 32.2. The van der Waals surface area contributed by atoms with Gasteiger partial charge in [0, 0.05) is 13.0 Å². The molecule has 3 unspecified atom stereocenters. The van der Waals surface area contributed by atoms with Gasteiger partial charge in [0.05, 0.1) is 25.4 Å². The number of phosphoric acid groups is 1. The minimum atomic E-state index is -4.32. The lowest BCUT2D eigenvalue weighted by Gasteiger charge is -2.23. The standard InChI is InChI=1S/C35H71N2O6P/c1-3-5-7-9-11-13-15-16-17-19-20-22-24-26-28-34(38)33(32-43-44(40,41)42-31-30-36)37-35(39)29-27-25-23-21-18-14-12-10-8-6-4-2/h26,28,33-34,38H,3-25,27,29-32,36H2,1-2H3,(H,37,39)(H,40,41)/b28-26+. The fourth-order valence-corrected chi connectivity index (χ4v) is 6.07. The highest BCUT2D eigenvalue weighted by Gasteiger charge is 2.26. The zero-order valence-electron chi connectivity index (χ0n) is 28.7. The van der Waals surface area contributed by atoms with Crippen LogP contribution in [-0.4, -0.2) is 47.8 Å². The first-order valence-corrected chi connectivity index (χ1v) is 19.8. The number of carbonyl (C=O) groups excluding carboxylic acids is 1. The third kappa shape index (κ3) is 29.9. The summed E-state index contributed by atoms with van der Waals surface area (Å²) in [5.41, 5.74) is 5.35. The Bertz CT molecular complexity index is 709. The number of hydrogen-bond donors (Lipinski definition) is 4. The molecule has 0 heterocycles. The van der Waals surface area contributed by atoms with Crippen molar-refractivity contribution in [3.8, 4) is 0 Å². The maximum Gasteiger partial charge on any atom is 0.472 e. The number of phosphoric ester groups is 1. The number of rotatable bonds is 34. The van der Waals surface area contributed by atoms with Crippen molar-refractivity contribution in [2.75, 3.05) is 19.8 Å². The van der Waals surface area contributed by atoms with Crippen LogP contribution in [-0.2, 0) is 18.4 Å². The van der Waals surface area contributed by atoms with Gasteiger partial charge < -0.3 is 21.1 Å². The van der Waals surface area contributed by atoms with E-state index in [-0.39, 0.29) is 25.7 Å². The summed E-state index contributed by atoms with van der Waals surface area (Å²) in [7, 11) is -4.32. The van der Waals surface area contributed by atoms with Crippen molar-refractivity contribution in [2.24, 2.45) is 5.73 Å². The number of carbonyl (C=O) groups is 1. The average molecular weight is 647 g/mol. The van der Waals surface area contributed by atoms with E-state index in [1.54, 1.807) is 6.08 Å². The van der Waals surface area contributed by atoms with E-state index in [9.17, 15) is 19.4 Å². The van der Waals surface area contributed by atoms with Crippen molar-refractivity contribution in [1.82, 2.24) is 5.32 Å². The van der Waals surface area contributed by atoms with Crippen LogP contribution in [0.4, 0.5) is 0 Å². The third-order valence-electron chi connectivity index (χ3n) is 8.11. The Balaban J connectivity index is 4.34. The fraction of sp³-hybridized carbons (Fsp3) is 0.914. The predicted octanol–water partition coefficient (Wildman–Crippen LogP) is 9.27. The predicted molar refractivity (Wildman–Crippen MR) is 185 cm³/mol. The molecule has 0 aromatic carbocycles. The minimum absolute atomic E-state index is 0.0809. The maximum atomic E-state index is 12.6. The van der Waals surface area contributed by atoms with Crippen LogP contribution in [0.1, 0.15) is 174 Å². The molecule has 3 atom stereocenters. The molecule has 0 spiro atoms. The van der Waals surface area contributed by atoms with Gasteiger partial charge in [-0.15, -0.1) is 0 Å². The molecule has 262 valence electrons. The largest absolute Gasteiger partial charge is 0.472 e. The molecule has 0 aliphatic heterocycles. The Labute approximate surface area is 271 Å². The zero-order chi connectivity index (χ0) is 32.6. The smallest absolute Gasteiger partial charge is 0.387 e. The number of nitrogens with one attached hydrogen (secondary N) is 1. The van der Waals surface area contributed by atoms with Crippen LogP contribution in [0.5, 0.6) is 0 Å². The van der Waals surface area contributed by atoms with E-state index in [0.717, 1.165) is 38.5 Å². The van der Waals surface area contributed by atoms with Crippen molar-refractivity contribution in [2.45, 2.75) is 187 Å². The number of amides is 1. The number of hydrogen-bond acceptors (Lipinski definition) is 6. The monoisotopic (exact) mass is 647 g/mol. The van der Waals surface area contributed by atoms with E-state index in [4.69, 9.17) is 14.8 Å². The molecule has 0 aromatic rings. The van der Waals surface area contributed by atoms with Gasteiger partial charge in [-0.3, -0.25) is 13.8 Å². The van der Waals surface area contributed by atoms with E-state index in [2.05, 4.69) is 19.2 Å². The lowest BCUT2D eigenvalue weighted by Crippen LogP contribution is -2.45. The summed E-state index contributed by atoms with van der Waals surface area (Å²) in [6.45, 7) is 4.11. The topological polar surface area (TPSA) is 131 Å². The molecule has 9 heteroatoms. The van der Waals surface area contributed by atoms with Gasteiger partial charge in [-0.05, 0) is 19.3 Å². The molecule has 0 saturated heterocycles. The summed E-state index contributed by atoms with van der Waals surface area (Å²) in [5, 5.41) is 13.6. The molecule has 0 aromatic heterocycles. The normalized spacial score (nSPS) is 14.6. The van der Waals surface area contributed by atoms with Gasteiger partial charge >= 0.3 is 7.82 Å². The van der Waals surface area contributed by atoms with Crippen molar-refractivity contribution >= 4 is 13.7 Å². The number of allylic oxidation sites excluding steroid dienone is 1. The quantitative estimate of drug-likeness (QED) is 0.0311. The number of aliphatic hydroxyl groups is 1. The molecule has 8 nitrogen and oxygen atoms in total. The Hall–Kier alpha value is -0.760. The maximum absolute atomic E-state index is 12.6. The van der Waals surface area contributed by atoms with Crippen LogP contribution in [0.2, 0.25) is 0 Å². The molecule has 5 N–H and O–H groups in total. The van der Waals surface area contributed by atoms with Crippen molar-refractivity contribution < 1.29 is 28.4 Å². The molecule has 1 amide bonds. The van der Waals surface area contributed by atoms with Gasteiger partial charge in [-0.25, -0.2) is 4.57 Å². The first kappa shape index (κ1) is 43.2. The molecular formula is C35H71N2O6P. The van der Waals surface area contributed by atoms with Crippen LogP contribution in [0, 0.1) is 0 Å². The van der Waals surface area contributed by atoms with E-state index in [1.807, 2.05) is 6.08 Å². The Morgan fingerprint density at radius 1 is 0.727 bits per heavy atom. The Morgan fingerprint density at radius 2 is 1.16 bits per heavy atom. The van der Waals surface area contributed by atoms with Crippen molar-refractivity contribution in [3.05, 3.63) is 12.2 Å². The molecule has 0 aliphatic rings. The number of nitrogens with two attached hydrogens (primary N) is 1. The summed E-state index contributed by atoms with van der Waals surface area (Å²) in [6, 6.07) is -0.851. The van der Waals surface area contributed by atoms with Gasteiger partial charge in [-0.2, -0.15) is 0 Å². The SMILES string of the molecule is CCCCCCCCCCCCCC/C=C/C(O)C(COP(=O)(O)OCCN)NC(=O)CCCCCCCCCCCCC.